The standard InChI is InChI=1S/C19H23N4O3/c1-22-13-16(12-21-22)15-5-4-6-17(11-15)26-10-7-20-19(25)18(24)14-23-8-2-3-9-23/h5-6,11-13H,2-3,7-10,14H2,1H3,(H,20,25). The molecule has 1 aliphatic rings. The van der Waals surface area contributed by atoms with Gasteiger partial charge in [-0.3, -0.25) is 19.2 Å². The average Bonchev–Trinajstić information content (AvgIpc) is 3.30. The van der Waals surface area contributed by atoms with Gasteiger partial charge in [0.1, 0.15) is 12.4 Å². The molecule has 1 saturated heterocycles. The zero-order valence-corrected chi connectivity index (χ0v) is 14.9. The minimum absolute atomic E-state index is 0.203. The number of aryl methyl sites for hydroxylation is 1. The number of hydrogen-bond donors (Lipinski definition) is 1. The molecular formula is C19H23N4O3. The minimum atomic E-state index is -0.545. The Morgan fingerprint density at radius 2 is 2.08 bits per heavy atom. The number of Topliss-reactive ketones (excluding diaryl/α,β-unsaturated/α-hetero) is 1. The van der Waals surface area contributed by atoms with E-state index >= 15 is 0 Å². The first kappa shape index (κ1) is 18.1. The second kappa shape index (κ2) is 8.62. The zero-order valence-electron chi connectivity index (χ0n) is 14.9. The van der Waals surface area contributed by atoms with E-state index in [1.807, 2.05) is 30.3 Å². The fourth-order valence-corrected chi connectivity index (χ4v) is 2.92. The van der Waals surface area contributed by atoms with Crippen LogP contribution in [0.25, 0.3) is 11.1 Å². The second-order valence-electron chi connectivity index (χ2n) is 6.37. The van der Waals surface area contributed by atoms with Crippen molar-refractivity contribution in [3.05, 3.63) is 36.7 Å². The molecule has 1 fully saturated rings. The minimum Gasteiger partial charge on any atom is -0.492 e. The van der Waals surface area contributed by atoms with E-state index in [0.717, 1.165) is 37.1 Å². The maximum atomic E-state index is 11.9. The number of ketones is 1. The lowest BCUT2D eigenvalue weighted by Gasteiger charge is -2.13. The largest absolute Gasteiger partial charge is 0.492 e. The molecule has 137 valence electrons. The van der Waals surface area contributed by atoms with Gasteiger partial charge in [-0.2, -0.15) is 5.10 Å². The smallest absolute Gasteiger partial charge is 0.288 e. The van der Waals surface area contributed by atoms with E-state index in [4.69, 9.17) is 4.74 Å². The Bertz CT molecular complexity index is 766. The van der Waals surface area contributed by atoms with Crippen LogP contribution in [-0.4, -0.2) is 59.2 Å². The van der Waals surface area contributed by atoms with Gasteiger partial charge < -0.3 is 10.1 Å². The molecule has 1 aliphatic heterocycles. The quantitative estimate of drug-likeness (QED) is 0.566. The van der Waals surface area contributed by atoms with Crippen molar-refractivity contribution >= 4 is 11.7 Å². The Morgan fingerprint density at radius 1 is 1.27 bits per heavy atom. The Morgan fingerprint density at radius 3 is 2.81 bits per heavy atom. The van der Waals surface area contributed by atoms with Gasteiger partial charge in [0, 0.05) is 18.8 Å². The monoisotopic (exact) mass is 355 g/mol. The normalized spacial score (nSPS) is 14.3. The van der Waals surface area contributed by atoms with Gasteiger partial charge >= 0.3 is 0 Å². The fourth-order valence-electron chi connectivity index (χ4n) is 2.92. The molecule has 26 heavy (non-hydrogen) atoms. The highest BCUT2D eigenvalue weighted by molar-refractivity contribution is 6.36. The molecule has 1 radical (unpaired) electrons. The molecule has 0 atom stereocenters. The molecule has 2 heterocycles. The molecule has 1 aromatic carbocycles. The van der Waals surface area contributed by atoms with Crippen LogP contribution in [0.1, 0.15) is 12.8 Å². The van der Waals surface area contributed by atoms with Crippen molar-refractivity contribution in [3.8, 4) is 16.9 Å². The molecule has 0 bridgehead atoms. The lowest BCUT2D eigenvalue weighted by molar-refractivity contribution is -0.138. The van der Waals surface area contributed by atoms with Gasteiger partial charge in [0.05, 0.1) is 19.3 Å². The summed E-state index contributed by atoms with van der Waals surface area (Å²) in [5.41, 5.74) is 1.94. The summed E-state index contributed by atoms with van der Waals surface area (Å²) in [7, 11) is 1.86. The lowest BCUT2D eigenvalue weighted by Crippen LogP contribution is -2.39. The van der Waals surface area contributed by atoms with Crippen molar-refractivity contribution in [2.75, 3.05) is 32.8 Å². The van der Waals surface area contributed by atoms with Gasteiger partial charge in [-0.25, -0.2) is 0 Å². The van der Waals surface area contributed by atoms with Gasteiger partial charge in [-0.05, 0) is 55.8 Å². The van der Waals surface area contributed by atoms with E-state index in [-0.39, 0.29) is 25.5 Å². The Hall–Kier alpha value is -2.67. The maximum Gasteiger partial charge on any atom is 0.288 e. The fraction of sp³-hybridized carbons (Fsp3) is 0.421. The third kappa shape index (κ3) is 4.92. The number of likely N-dealkylation sites (tertiary alicyclic amines) is 1. The first-order chi connectivity index (χ1) is 12.6. The van der Waals surface area contributed by atoms with Crippen molar-refractivity contribution < 1.29 is 14.3 Å². The summed E-state index contributed by atoms with van der Waals surface area (Å²) in [6.07, 6.45) is 5.88. The zero-order chi connectivity index (χ0) is 18.4. The number of ether oxygens (including phenoxy) is 1. The van der Waals surface area contributed by atoms with Gasteiger partial charge in [0.15, 0.2) is 0 Å². The third-order valence-corrected chi connectivity index (χ3v) is 4.28. The van der Waals surface area contributed by atoms with Crippen molar-refractivity contribution in [1.29, 1.82) is 0 Å². The van der Waals surface area contributed by atoms with Crippen LogP contribution < -0.4 is 10.1 Å². The van der Waals surface area contributed by atoms with Crippen molar-refractivity contribution in [2.45, 2.75) is 12.8 Å². The second-order valence-corrected chi connectivity index (χ2v) is 6.37. The van der Waals surface area contributed by atoms with E-state index in [0.29, 0.717) is 5.75 Å². The number of rotatable bonds is 8. The lowest BCUT2D eigenvalue weighted by atomic mass is 10.1. The molecule has 2 aromatic rings. The summed E-state index contributed by atoms with van der Waals surface area (Å²) in [4.78, 5) is 25.7. The van der Waals surface area contributed by atoms with Crippen LogP contribution in [-0.2, 0) is 16.6 Å². The number of carbonyl (C=O) groups excluding carboxylic acids is 2. The highest BCUT2D eigenvalue weighted by Gasteiger charge is 2.19. The maximum absolute atomic E-state index is 11.9. The number of benzene rings is 1. The van der Waals surface area contributed by atoms with Crippen molar-refractivity contribution in [1.82, 2.24) is 20.0 Å². The van der Waals surface area contributed by atoms with Crippen molar-refractivity contribution in [3.63, 3.8) is 0 Å². The summed E-state index contributed by atoms with van der Waals surface area (Å²) in [5.74, 6) is -0.279. The van der Waals surface area contributed by atoms with Gasteiger partial charge in [-0.1, -0.05) is 0 Å². The Kier molecular flexibility index (Phi) is 6.01. The molecule has 0 saturated carbocycles. The van der Waals surface area contributed by atoms with E-state index in [1.54, 1.807) is 16.9 Å². The van der Waals surface area contributed by atoms with Crippen LogP contribution >= 0.6 is 0 Å². The van der Waals surface area contributed by atoms with Gasteiger partial charge in [-0.15, -0.1) is 0 Å². The van der Waals surface area contributed by atoms with Crippen LogP contribution in [0.2, 0.25) is 0 Å². The molecule has 7 nitrogen and oxygen atoms in total. The molecule has 1 aromatic heterocycles. The first-order valence-electron chi connectivity index (χ1n) is 8.78. The Balaban J connectivity index is 1.42. The summed E-state index contributed by atoms with van der Waals surface area (Å²) >= 11 is 0. The number of amides is 1. The predicted molar refractivity (Wildman–Crippen MR) is 96.7 cm³/mol. The highest BCUT2D eigenvalue weighted by Crippen LogP contribution is 2.22. The number of nitrogens with zero attached hydrogens (tertiary/aromatic N) is 3. The molecule has 0 spiro atoms. The highest BCUT2D eigenvalue weighted by atomic mass is 16.5. The number of aromatic nitrogens is 2. The topological polar surface area (TPSA) is 76.5 Å². The van der Waals surface area contributed by atoms with Gasteiger partial charge in [0.2, 0.25) is 5.78 Å². The molecule has 7 heteroatoms. The molecule has 1 N–H and O–H groups in total. The van der Waals surface area contributed by atoms with E-state index < -0.39 is 5.91 Å². The average molecular weight is 355 g/mol. The molecule has 1 amide bonds. The van der Waals surface area contributed by atoms with Gasteiger partial charge in [0.25, 0.3) is 5.91 Å². The number of hydrogen-bond acceptors (Lipinski definition) is 5. The molecular weight excluding hydrogens is 332 g/mol. The van der Waals surface area contributed by atoms with E-state index in [2.05, 4.69) is 16.5 Å². The van der Waals surface area contributed by atoms with Crippen LogP contribution in [0.4, 0.5) is 0 Å². The summed E-state index contributed by atoms with van der Waals surface area (Å²) in [6.45, 7) is 2.56. The van der Waals surface area contributed by atoms with E-state index in [1.165, 1.54) is 0 Å². The SMILES string of the molecule is Cn1cc(-c2c[c]cc(OCCNC(=O)C(=O)CN3CCCC3)c2)cn1. The Labute approximate surface area is 152 Å². The first-order valence-corrected chi connectivity index (χ1v) is 8.78. The predicted octanol–water partition coefficient (Wildman–Crippen LogP) is 1.05. The van der Waals surface area contributed by atoms with Crippen LogP contribution in [0.3, 0.4) is 0 Å². The summed E-state index contributed by atoms with van der Waals surface area (Å²) in [6, 6.07) is 8.53. The summed E-state index contributed by atoms with van der Waals surface area (Å²) in [5, 5.41) is 6.76. The number of nitrogens with one attached hydrogen (secondary N) is 1. The van der Waals surface area contributed by atoms with Crippen LogP contribution in [0.5, 0.6) is 5.75 Å². The number of carbonyl (C=O) groups is 2. The summed E-state index contributed by atoms with van der Waals surface area (Å²) < 4.78 is 7.38. The molecule has 0 aliphatic carbocycles. The molecule has 0 unspecified atom stereocenters. The van der Waals surface area contributed by atoms with Crippen LogP contribution in [0.15, 0.2) is 30.6 Å². The molecule has 3 rings (SSSR count). The third-order valence-electron chi connectivity index (χ3n) is 4.28. The van der Waals surface area contributed by atoms with E-state index in [9.17, 15) is 9.59 Å². The van der Waals surface area contributed by atoms with Crippen molar-refractivity contribution in [2.24, 2.45) is 7.05 Å². The van der Waals surface area contributed by atoms with Crippen LogP contribution in [0, 0.1) is 6.07 Å².